The number of carbonyl (C=O) groups is 4. The van der Waals surface area contributed by atoms with Crippen molar-refractivity contribution in [3.8, 4) is 0 Å². The van der Waals surface area contributed by atoms with Crippen molar-refractivity contribution in [3.63, 3.8) is 0 Å². The van der Waals surface area contributed by atoms with Crippen LogP contribution in [-0.4, -0.2) is 46.9 Å². The number of esters is 2. The molecule has 0 heterocycles. The number of Topliss-reactive ketones (excluding diaryl/α,β-unsaturated/α-hetero) is 2. The average Bonchev–Trinajstić information content (AvgIpc) is 2.77. The van der Waals surface area contributed by atoms with Crippen LogP contribution in [0.1, 0.15) is 60.3 Å². The van der Waals surface area contributed by atoms with Crippen molar-refractivity contribution in [2.45, 2.75) is 78.6 Å². The highest BCUT2D eigenvalue weighted by Crippen LogP contribution is 2.71. The summed E-state index contributed by atoms with van der Waals surface area (Å²) in [5.41, 5.74) is -2.16. The number of aliphatic hydroxyl groups is 1. The van der Waals surface area contributed by atoms with Gasteiger partial charge in [-0.15, -0.1) is 0 Å². The lowest BCUT2D eigenvalue weighted by atomic mass is 9.39. The summed E-state index contributed by atoms with van der Waals surface area (Å²) in [5, 5.41) is 11.3. The Hall–Kier alpha value is -2.02. The molecule has 4 fully saturated rings. The maximum absolute atomic E-state index is 13.6. The van der Waals surface area contributed by atoms with Gasteiger partial charge in [0.2, 0.25) is 0 Å². The summed E-state index contributed by atoms with van der Waals surface area (Å²) in [6, 6.07) is 0. The van der Waals surface area contributed by atoms with Crippen LogP contribution in [0.3, 0.4) is 0 Å². The molecule has 2 bridgehead atoms. The van der Waals surface area contributed by atoms with Crippen molar-refractivity contribution in [2.24, 2.45) is 34.0 Å². The second-order valence-electron chi connectivity index (χ2n) is 10.8. The Balaban J connectivity index is 1.88. The summed E-state index contributed by atoms with van der Waals surface area (Å²) < 4.78 is 11.4. The zero-order valence-electron chi connectivity index (χ0n) is 18.9. The van der Waals surface area contributed by atoms with E-state index in [4.69, 9.17) is 9.47 Å². The first-order chi connectivity index (χ1) is 14.3. The van der Waals surface area contributed by atoms with Crippen molar-refractivity contribution < 1.29 is 33.8 Å². The normalized spacial score (nSPS) is 45.5. The molecule has 31 heavy (non-hydrogen) atoms. The number of rotatable bonds is 2. The van der Waals surface area contributed by atoms with Gasteiger partial charge in [-0.3, -0.25) is 19.2 Å². The molecule has 0 aromatic heterocycles. The van der Waals surface area contributed by atoms with Crippen LogP contribution < -0.4 is 0 Å². The fourth-order valence-electron chi connectivity index (χ4n) is 7.81. The van der Waals surface area contributed by atoms with Gasteiger partial charge in [0.1, 0.15) is 23.4 Å². The lowest BCUT2D eigenvalue weighted by Crippen LogP contribution is -2.70. The molecule has 8 atom stereocenters. The third kappa shape index (κ3) is 2.68. The van der Waals surface area contributed by atoms with Crippen LogP contribution in [0.2, 0.25) is 0 Å². The van der Waals surface area contributed by atoms with Crippen molar-refractivity contribution in [1.82, 2.24) is 0 Å². The number of hydrogen-bond acceptors (Lipinski definition) is 7. The van der Waals surface area contributed by atoms with Gasteiger partial charge in [0.25, 0.3) is 0 Å². The van der Waals surface area contributed by atoms with Gasteiger partial charge in [-0.2, -0.15) is 0 Å². The van der Waals surface area contributed by atoms with E-state index in [0.29, 0.717) is 19.3 Å². The first kappa shape index (κ1) is 22.2. The number of aliphatic hydroxyl groups excluding tert-OH is 1. The van der Waals surface area contributed by atoms with Gasteiger partial charge >= 0.3 is 11.9 Å². The maximum atomic E-state index is 13.6. The number of carbonyl (C=O) groups excluding carboxylic acids is 4. The van der Waals surface area contributed by atoms with Gasteiger partial charge < -0.3 is 14.6 Å². The minimum atomic E-state index is -1.35. The molecule has 4 aliphatic carbocycles. The number of ether oxygens (including phenoxy) is 2. The Morgan fingerprint density at radius 1 is 1.03 bits per heavy atom. The van der Waals surface area contributed by atoms with Crippen LogP contribution in [0.5, 0.6) is 0 Å². The summed E-state index contributed by atoms with van der Waals surface area (Å²) in [6.07, 6.45) is -0.673. The van der Waals surface area contributed by atoms with Crippen LogP contribution in [0.4, 0.5) is 0 Å². The van der Waals surface area contributed by atoms with E-state index in [2.05, 4.69) is 13.5 Å². The van der Waals surface area contributed by atoms with Crippen LogP contribution >= 0.6 is 0 Å². The van der Waals surface area contributed by atoms with Crippen LogP contribution in [0, 0.1) is 34.0 Å². The third-order valence-electron chi connectivity index (χ3n) is 9.06. The second kappa shape index (κ2) is 6.74. The van der Waals surface area contributed by atoms with Crippen LogP contribution in [0.25, 0.3) is 0 Å². The first-order valence-corrected chi connectivity index (χ1v) is 11.1. The van der Waals surface area contributed by atoms with E-state index in [1.54, 1.807) is 0 Å². The van der Waals surface area contributed by atoms with E-state index >= 15 is 0 Å². The van der Waals surface area contributed by atoms with Crippen molar-refractivity contribution >= 4 is 23.5 Å². The van der Waals surface area contributed by atoms with E-state index in [1.807, 2.05) is 13.8 Å². The molecular weight excluding hydrogens is 400 g/mol. The fraction of sp³-hybridized carbons (Fsp3) is 0.750. The largest absolute Gasteiger partial charge is 0.462 e. The van der Waals surface area contributed by atoms with Gasteiger partial charge in [0.15, 0.2) is 5.78 Å². The molecule has 0 aromatic carbocycles. The SMILES string of the molecule is C=C1C(=O)[C@@]23C(CC(=O)C1[C@H]2O)C1(C)CC[C@H](OC(C)=O)C(C)(C)[C@@H]1C[C@@H]3OC(C)=O. The molecule has 7 heteroatoms. The molecular formula is C24H32O7. The molecule has 1 spiro atoms. The van der Waals surface area contributed by atoms with Crippen molar-refractivity contribution in [3.05, 3.63) is 12.2 Å². The quantitative estimate of drug-likeness (QED) is 0.527. The maximum Gasteiger partial charge on any atom is 0.302 e. The van der Waals surface area contributed by atoms with Crippen LogP contribution in [0.15, 0.2) is 12.2 Å². The summed E-state index contributed by atoms with van der Waals surface area (Å²) in [4.78, 5) is 50.4. The molecule has 170 valence electrons. The summed E-state index contributed by atoms with van der Waals surface area (Å²) >= 11 is 0. The van der Waals surface area contributed by atoms with Gasteiger partial charge in [0, 0.05) is 31.3 Å². The van der Waals surface area contributed by atoms with E-state index in [1.165, 1.54) is 13.8 Å². The molecule has 0 radical (unpaired) electrons. The highest BCUT2D eigenvalue weighted by molar-refractivity contribution is 6.12. The topological polar surface area (TPSA) is 107 Å². The predicted molar refractivity (Wildman–Crippen MR) is 110 cm³/mol. The summed E-state index contributed by atoms with van der Waals surface area (Å²) in [7, 11) is 0. The van der Waals surface area contributed by atoms with E-state index in [0.717, 1.165) is 0 Å². The van der Waals surface area contributed by atoms with Crippen molar-refractivity contribution in [1.29, 1.82) is 0 Å². The molecule has 1 N–H and O–H groups in total. The first-order valence-electron chi connectivity index (χ1n) is 11.1. The fourth-order valence-corrected chi connectivity index (χ4v) is 7.81. The highest BCUT2D eigenvalue weighted by atomic mass is 16.5. The Labute approximate surface area is 182 Å². The monoisotopic (exact) mass is 432 g/mol. The Kier molecular flexibility index (Phi) is 4.82. The minimum Gasteiger partial charge on any atom is -0.462 e. The average molecular weight is 433 g/mol. The zero-order chi connectivity index (χ0) is 23.1. The molecule has 0 aliphatic heterocycles. The predicted octanol–water partition coefficient (Wildman–Crippen LogP) is 2.39. The molecule has 0 saturated heterocycles. The van der Waals surface area contributed by atoms with Gasteiger partial charge in [-0.1, -0.05) is 27.4 Å². The standard InChI is InChI=1S/C24H32O7/c1-11-19-14(27)9-16-23(6)8-7-17(30-12(2)25)22(4,5)15(23)10-18(31-13(3)26)24(16,20(11)28)21(19)29/h15-19,21,29H,1,7-10H2,2-6H3/t15-,16?,17-,18-,19?,21+,23?,24-/m0/s1. The zero-order valence-corrected chi connectivity index (χ0v) is 18.9. The highest BCUT2D eigenvalue weighted by Gasteiger charge is 2.77. The van der Waals surface area contributed by atoms with Gasteiger partial charge in [0.05, 0.1) is 12.0 Å². The molecule has 4 rings (SSSR count). The van der Waals surface area contributed by atoms with E-state index in [-0.39, 0.29) is 41.6 Å². The third-order valence-corrected chi connectivity index (χ3v) is 9.06. The van der Waals surface area contributed by atoms with Gasteiger partial charge in [-0.05, 0) is 36.5 Å². The minimum absolute atomic E-state index is 0.0868. The smallest absolute Gasteiger partial charge is 0.302 e. The molecule has 4 aliphatic rings. The number of ketones is 2. The van der Waals surface area contributed by atoms with Crippen molar-refractivity contribution in [2.75, 3.05) is 0 Å². The Morgan fingerprint density at radius 3 is 2.19 bits per heavy atom. The summed E-state index contributed by atoms with van der Waals surface area (Å²) in [5.74, 6) is -2.88. The Morgan fingerprint density at radius 2 is 1.61 bits per heavy atom. The number of hydrogen-bond donors (Lipinski definition) is 1. The summed E-state index contributed by atoms with van der Waals surface area (Å²) in [6.45, 7) is 12.7. The molecule has 4 saturated carbocycles. The second-order valence-corrected chi connectivity index (χ2v) is 10.8. The molecule has 0 amide bonds. The van der Waals surface area contributed by atoms with E-state index in [9.17, 15) is 24.3 Å². The molecule has 0 aromatic rings. The van der Waals surface area contributed by atoms with Crippen LogP contribution in [-0.2, 0) is 28.7 Å². The Bertz CT molecular complexity index is 888. The van der Waals surface area contributed by atoms with Gasteiger partial charge in [-0.25, -0.2) is 0 Å². The number of fused-ring (bicyclic) bond motifs is 3. The van der Waals surface area contributed by atoms with E-state index < -0.39 is 46.3 Å². The molecule has 3 unspecified atom stereocenters. The lowest BCUT2D eigenvalue weighted by molar-refractivity contribution is -0.244. The lowest BCUT2D eigenvalue weighted by Gasteiger charge is -2.66. The molecule has 7 nitrogen and oxygen atoms in total.